The number of carbonyl (C=O) groups excluding carboxylic acids is 2. The first-order valence-corrected chi connectivity index (χ1v) is 6.37. The first kappa shape index (κ1) is 17.6. The fourth-order valence-corrected chi connectivity index (χ4v) is 1.79. The summed E-state index contributed by atoms with van der Waals surface area (Å²) in [6.45, 7) is 0. The molecule has 1 rings (SSSR count). The van der Waals surface area contributed by atoms with E-state index in [1.807, 2.05) is 0 Å². The number of hydrogen-bond donors (Lipinski definition) is 1. The molecule has 7 heteroatoms. The summed E-state index contributed by atoms with van der Waals surface area (Å²) in [6, 6.07) is -0.345. The number of ether oxygens (including phenoxy) is 1. The van der Waals surface area contributed by atoms with Crippen molar-refractivity contribution in [3.05, 3.63) is 35.1 Å². The van der Waals surface area contributed by atoms with E-state index in [2.05, 4.69) is 16.0 Å². The number of esters is 1. The van der Waals surface area contributed by atoms with Crippen molar-refractivity contribution in [2.75, 3.05) is 7.11 Å². The van der Waals surface area contributed by atoms with E-state index >= 15 is 0 Å². The smallest absolute Gasteiger partial charge is 0.328 e. The molecule has 1 atom stereocenters. The van der Waals surface area contributed by atoms with Gasteiger partial charge in [0.15, 0.2) is 0 Å². The molecule has 0 aliphatic carbocycles. The lowest BCUT2D eigenvalue weighted by Crippen LogP contribution is -2.42. The largest absolute Gasteiger partial charge is 0.467 e. The molecule has 0 radical (unpaired) electrons. The van der Waals surface area contributed by atoms with Gasteiger partial charge in [-0.2, -0.15) is 0 Å². The Hall–Kier alpha value is -2.49. The fourth-order valence-electron chi connectivity index (χ4n) is 1.79. The average molecular weight is 313 g/mol. The number of rotatable bonds is 6. The molecule has 1 aromatic rings. The van der Waals surface area contributed by atoms with Gasteiger partial charge >= 0.3 is 5.97 Å². The maximum absolute atomic E-state index is 13.5. The van der Waals surface area contributed by atoms with Crippen molar-refractivity contribution in [1.29, 1.82) is 0 Å². The lowest BCUT2D eigenvalue weighted by molar-refractivity contribution is -0.143. The van der Waals surface area contributed by atoms with E-state index in [0.717, 1.165) is 7.11 Å². The zero-order valence-corrected chi connectivity index (χ0v) is 11.8. The van der Waals surface area contributed by atoms with Crippen molar-refractivity contribution in [2.24, 2.45) is 0 Å². The van der Waals surface area contributed by atoms with Crippen molar-refractivity contribution in [1.82, 2.24) is 5.32 Å². The van der Waals surface area contributed by atoms with E-state index in [9.17, 15) is 22.8 Å². The molecule has 0 heterocycles. The maximum atomic E-state index is 13.5. The number of carbonyl (C=O) groups is 2. The molecule has 0 aliphatic heterocycles. The number of amides is 1. The van der Waals surface area contributed by atoms with E-state index in [-0.39, 0.29) is 6.42 Å². The second-order valence-electron chi connectivity index (χ2n) is 4.39. The molecule has 0 spiro atoms. The van der Waals surface area contributed by atoms with Gasteiger partial charge in [0.1, 0.15) is 29.1 Å². The summed E-state index contributed by atoms with van der Waals surface area (Å²) in [5.74, 6) is -3.45. The van der Waals surface area contributed by atoms with Gasteiger partial charge < -0.3 is 10.1 Å². The highest BCUT2D eigenvalue weighted by Gasteiger charge is 2.25. The summed E-state index contributed by atoms with van der Waals surface area (Å²) in [7, 11) is 1.11. The summed E-state index contributed by atoms with van der Waals surface area (Å²) >= 11 is 0. The maximum Gasteiger partial charge on any atom is 0.328 e. The Bertz CT molecular complexity index is 588. The molecule has 0 bridgehead atoms. The third kappa shape index (κ3) is 4.52. The molecule has 0 aromatic heterocycles. The minimum absolute atomic E-state index is 0.146. The van der Waals surface area contributed by atoms with Crippen molar-refractivity contribution in [3.8, 4) is 12.3 Å². The average Bonchev–Trinajstić information content (AvgIpc) is 2.44. The normalized spacial score (nSPS) is 11.4. The predicted molar refractivity (Wildman–Crippen MR) is 72.3 cm³/mol. The molecule has 0 saturated heterocycles. The molecule has 1 N–H and O–H groups in total. The third-order valence-corrected chi connectivity index (χ3v) is 2.84. The van der Waals surface area contributed by atoms with Gasteiger partial charge in [0.2, 0.25) is 0 Å². The van der Waals surface area contributed by atoms with Crippen LogP contribution in [0, 0.1) is 29.8 Å². The molecule has 0 aliphatic rings. The lowest BCUT2D eigenvalue weighted by atomic mass is 10.1. The first-order chi connectivity index (χ1) is 10.4. The van der Waals surface area contributed by atoms with Crippen LogP contribution in [0.15, 0.2) is 12.1 Å². The van der Waals surface area contributed by atoms with Gasteiger partial charge in [0, 0.05) is 18.6 Å². The monoisotopic (exact) mass is 313 g/mol. The summed E-state index contributed by atoms with van der Waals surface area (Å²) in [5.41, 5.74) is -0.966. The number of nitrogens with one attached hydrogen (secondary N) is 1. The quantitative estimate of drug-likeness (QED) is 0.497. The van der Waals surface area contributed by atoms with Crippen molar-refractivity contribution in [3.63, 3.8) is 0 Å². The minimum Gasteiger partial charge on any atom is -0.467 e. The Labute approximate surface area is 125 Å². The van der Waals surface area contributed by atoms with E-state index in [4.69, 9.17) is 6.42 Å². The Kier molecular flexibility index (Phi) is 6.45. The second-order valence-corrected chi connectivity index (χ2v) is 4.39. The number of hydrogen-bond acceptors (Lipinski definition) is 3. The number of terminal acetylenes is 1. The van der Waals surface area contributed by atoms with Crippen LogP contribution in [0.4, 0.5) is 13.2 Å². The van der Waals surface area contributed by atoms with E-state index < -0.39 is 40.9 Å². The van der Waals surface area contributed by atoms with Crippen LogP contribution in [-0.2, 0) is 9.53 Å². The highest BCUT2D eigenvalue weighted by molar-refractivity contribution is 5.97. The first-order valence-electron chi connectivity index (χ1n) is 6.37. The topological polar surface area (TPSA) is 55.4 Å². The van der Waals surface area contributed by atoms with E-state index in [1.54, 1.807) is 0 Å². The summed E-state index contributed by atoms with van der Waals surface area (Å²) in [4.78, 5) is 23.5. The third-order valence-electron chi connectivity index (χ3n) is 2.84. The summed E-state index contributed by atoms with van der Waals surface area (Å²) in [6.07, 6.45) is 6.00. The molecule has 1 amide bonds. The minimum atomic E-state index is -1.36. The number of benzene rings is 1. The molecule has 0 saturated carbocycles. The van der Waals surface area contributed by atoms with E-state index in [1.165, 1.54) is 0 Å². The van der Waals surface area contributed by atoms with E-state index in [0.29, 0.717) is 25.0 Å². The van der Waals surface area contributed by atoms with Crippen LogP contribution < -0.4 is 5.32 Å². The zero-order chi connectivity index (χ0) is 16.7. The lowest BCUT2D eigenvalue weighted by Gasteiger charge is -2.16. The van der Waals surface area contributed by atoms with Crippen LogP contribution in [0.25, 0.3) is 0 Å². The van der Waals surface area contributed by atoms with Gasteiger partial charge in [-0.25, -0.2) is 18.0 Å². The molecule has 22 heavy (non-hydrogen) atoms. The predicted octanol–water partition coefficient (Wildman–Crippen LogP) is 2.18. The van der Waals surface area contributed by atoms with Crippen LogP contribution in [0.5, 0.6) is 0 Å². The van der Waals surface area contributed by atoms with Gasteiger partial charge in [-0.3, -0.25) is 4.79 Å². The van der Waals surface area contributed by atoms with Crippen LogP contribution >= 0.6 is 0 Å². The van der Waals surface area contributed by atoms with Crippen LogP contribution in [-0.4, -0.2) is 25.0 Å². The number of methoxy groups -OCH3 is 1. The highest BCUT2D eigenvalue weighted by Crippen LogP contribution is 2.15. The van der Waals surface area contributed by atoms with Gasteiger partial charge in [-0.15, -0.1) is 12.3 Å². The Morgan fingerprint density at radius 3 is 2.41 bits per heavy atom. The molecule has 118 valence electrons. The van der Waals surface area contributed by atoms with Crippen molar-refractivity contribution >= 4 is 11.9 Å². The molecule has 1 aromatic carbocycles. The second kappa shape index (κ2) is 8.08. The van der Waals surface area contributed by atoms with Gasteiger partial charge in [0.05, 0.1) is 7.11 Å². The van der Waals surface area contributed by atoms with Gasteiger partial charge in [-0.1, -0.05) is 0 Å². The molecular weight excluding hydrogens is 299 g/mol. The summed E-state index contributed by atoms with van der Waals surface area (Å²) in [5, 5.41) is 2.16. The Morgan fingerprint density at radius 2 is 1.91 bits per heavy atom. The molecule has 0 unspecified atom stereocenters. The Morgan fingerprint density at radius 1 is 1.32 bits per heavy atom. The zero-order valence-electron chi connectivity index (χ0n) is 11.8. The van der Waals surface area contributed by atoms with Crippen molar-refractivity contribution < 1.29 is 27.5 Å². The van der Waals surface area contributed by atoms with Gasteiger partial charge in [0.25, 0.3) is 5.91 Å². The standard InChI is InChI=1S/C15H14F3NO3/c1-3-4-5-6-12(15(21)22-2)19-14(20)13-10(17)7-9(16)8-11(13)18/h1,7-8,12H,4-6H2,2H3,(H,19,20)/t12-/m0/s1. The van der Waals surface area contributed by atoms with Crippen LogP contribution in [0.3, 0.4) is 0 Å². The van der Waals surface area contributed by atoms with Gasteiger partial charge in [-0.05, 0) is 12.8 Å². The van der Waals surface area contributed by atoms with Crippen LogP contribution in [0.2, 0.25) is 0 Å². The summed E-state index contributed by atoms with van der Waals surface area (Å²) < 4.78 is 44.4. The fraction of sp³-hybridized carbons (Fsp3) is 0.333. The molecule has 4 nitrogen and oxygen atoms in total. The van der Waals surface area contributed by atoms with Crippen LogP contribution in [0.1, 0.15) is 29.6 Å². The molecule has 0 fully saturated rings. The number of halogens is 3. The Balaban J connectivity index is 2.91. The number of unbranched alkanes of at least 4 members (excludes halogenated alkanes) is 1. The SMILES string of the molecule is C#CCCC[C@H](NC(=O)c1c(F)cc(F)cc1F)C(=O)OC. The highest BCUT2D eigenvalue weighted by atomic mass is 19.1. The van der Waals surface area contributed by atoms with Crippen molar-refractivity contribution in [2.45, 2.75) is 25.3 Å². The molecular formula is C15H14F3NO3.